The Morgan fingerprint density at radius 2 is 1.86 bits per heavy atom. The Hall–Kier alpha value is -2.18. The number of nitrogens with zero attached hydrogens (tertiary/aromatic N) is 2. The molecule has 6 heteroatoms. The number of benzene rings is 1. The average molecular weight is 590 g/mol. The fraction of sp³-hybridized carbons (Fsp3) is 0.730. The van der Waals surface area contributed by atoms with Crippen LogP contribution in [0.5, 0.6) is 0 Å². The van der Waals surface area contributed by atoms with E-state index >= 15 is 0 Å². The largest absolute Gasteiger partial charge is 0.393 e. The van der Waals surface area contributed by atoms with Gasteiger partial charge in [-0.3, -0.25) is 4.79 Å². The highest BCUT2D eigenvalue weighted by Crippen LogP contribution is 2.65. The normalized spacial score (nSPS) is 42.0. The molecule has 9 atom stereocenters. The minimum Gasteiger partial charge on any atom is -0.393 e. The maximum absolute atomic E-state index is 12.8. The van der Waals surface area contributed by atoms with Gasteiger partial charge in [0, 0.05) is 24.5 Å². The molecule has 1 saturated heterocycles. The van der Waals surface area contributed by atoms with Gasteiger partial charge in [0.05, 0.1) is 11.8 Å². The second-order valence-corrected chi connectivity index (χ2v) is 15.5. The standard InChI is InChI=1S/C37H55N3O3/c1-25-23-40(5)26(2)22-37(25,27-9-7-6-8-10-27)19-20-38-34(42)24-43-39-29-15-17-35(3)28(21-29)11-12-30-31-13-14-33(41)36(31,4)18-16-32(30)35/h6-10,21,25-26,30-33,41H,11-20,22-24H2,1-5H3,(H,38,42)/t25-,26+,30-,31-,32-,33-,35-,36-,37-/m0/s1. The Balaban J connectivity index is 1.03. The van der Waals surface area contributed by atoms with Crippen molar-refractivity contribution in [3.63, 3.8) is 0 Å². The molecular formula is C37H55N3O3. The number of hydrogen-bond acceptors (Lipinski definition) is 5. The van der Waals surface area contributed by atoms with Crippen LogP contribution < -0.4 is 5.32 Å². The van der Waals surface area contributed by atoms with Crippen molar-refractivity contribution in [3.05, 3.63) is 47.5 Å². The molecule has 1 heterocycles. The molecule has 6 rings (SSSR count). The van der Waals surface area contributed by atoms with E-state index < -0.39 is 0 Å². The molecule has 0 bridgehead atoms. The molecule has 3 saturated carbocycles. The first-order chi connectivity index (χ1) is 20.6. The van der Waals surface area contributed by atoms with Crippen LogP contribution in [0.3, 0.4) is 0 Å². The third-order valence-corrected chi connectivity index (χ3v) is 13.5. The number of aliphatic hydroxyl groups is 1. The Bertz CT molecular complexity index is 1230. The fourth-order valence-electron chi connectivity index (χ4n) is 10.6. The summed E-state index contributed by atoms with van der Waals surface area (Å²) in [5.74, 6) is 2.51. The topological polar surface area (TPSA) is 74.2 Å². The number of piperidine rings is 1. The fourth-order valence-corrected chi connectivity index (χ4v) is 10.6. The summed E-state index contributed by atoms with van der Waals surface area (Å²) in [5, 5.41) is 18.3. The molecule has 4 fully saturated rings. The molecule has 0 spiro atoms. The predicted molar refractivity (Wildman–Crippen MR) is 173 cm³/mol. The number of amides is 1. The van der Waals surface area contributed by atoms with Crippen molar-refractivity contribution < 1.29 is 14.7 Å². The zero-order valence-corrected chi connectivity index (χ0v) is 27.3. The number of rotatable bonds is 7. The van der Waals surface area contributed by atoms with E-state index in [4.69, 9.17) is 4.84 Å². The van der Waals surface area contributed by atoms with Crippen molar-refractivity contribution >= 4 is 11.6 Å². The molecule has 1 aliphatic heterocycles. The lowest BCUT2D eigenvalue weighted by atomic mass is 9.47. The Morgan fingerprint density at radius 1 is 1.07 bits per heavy atom. The Kier molecular flexibility index (Phi) is 8.58. The number of oxime groups is 1. The summed E-state index contributed by atoms with van der Waals surface area (Å²) < 4.78 is 0. The number of fused-ring (bicyclic) bond motifs is 5. The second-order valence-electron chi connectivity index (χ2n) is 15.5. The lowest BCUT2D eigenvalue weighted by Gasteiger charge is -2.57. The molecule has 43 heavy (non-hydrogen) atoms. The predicted octanol–water partition coefficient (Wildman–Crippen LogP) is 6.49. The summed E-state index contributed by atoms with van der Waals surface area (Å²) in [4.78, 5) is 20.9. The Labute approximate surface area is 259 Å². The van der Waals surface area contributed by atoms with Gasteiger partial charge in [-0.15, -0.1) is 0 Å². The summed E-state index contributed by atoms with van der Waals surface area (Å²) in [5.41, 5.74) is 4.30. The van der Waals surface area contributed by atoms with Crippen LogP contribution in [-0.4, -0.2) is 60.5 Å². The van der Waals surface area contributed by atoms with Gasteiger partial charge in [0.1, 0.15) is 0 Å². The van der Waals surface area contributed by atoms with Crippen LogP contribution in [0.1, 0.15) is 97.5 Å². The van der Waals surface area contributed by atoms with E-state index in [0.29, 0.717) is 30.3 Å². The van der Waals surface area contributed by atoms with Gasteiger partial charge in [-0.05, 0) is 124 Å². The average Bonchev–Trinajstić information content (AvgIpc) is 3.30. The number of hydrogen-bond donors (Lipinski definition) is 2. The minimum absolute atomic E-state index is 0.0374. The van der Waals surface area contributed by atoms with Gasteiger partial charge in [-0.2, -0.15) is 0 Å². The highest BCUT2D eigenvalue weighted by molar-refractivity contribution is 5.96. The van der Waals surface area contributed by atoms with Crippen molar-refractivity contribution in [1.82, 2.24) is 10.2 Å². The van der Waals surface area contributed by atoms with Crippen LogP contribution in [0.15, 0.2) is 47.1 Å². The van der Waals surface area contributed by atoms with Crippen LogP contribution in [0.4, 0.5) is 0 Å². The van der Waals surface area contributed by atoms with Crippen molar-refractivity contribution in [1.29, 1.82) is 0 Å². The lowest BCUT2D eigenvalue weighted by Crippen LogP contribution is -2.52. The van der Waals surface area contributed by atoms with Crippen molar-refractivity contribution in [2.75, 3.05) is 26.7 Å². The SMILES string of the molecule is C[C@@H]1C[C@](CCNC(=O)CON=C2C=C3CC[C@H]4[C@@H]5CC[C@H](O)[C@@]5(C)CC[C@@H]4[C@@]3(C)CC2)(c2ccccc2)[C@@H](C)CN1C. The van der Waals surface area contributed by atoms with Crippen molar-refractivity contribution in [3.8, 4) is 0 Å². The molecule has 4 aliphatic carbocycles. The van der Waals surface area contributed by atoms with Crippen LogP contribution >= 0.6 is 0 Å². The molecular weight excluding hydrogens is 534 g/mol. The molecule has 5 aliphatic rings. The summed E-state index contributed by atoms with van der Waals surface area (Å²) >= 11 is 0. The zero-order valence-electron chi connectivity index (χ0n) is 27.3. The molecule has 0 aromatic heterocycles. The van der Waals surface area contributed by atoms with E-state index in [1.54, 1.807) is 0 Å². The van der Waals surface area contributed by atoms with Gasteiger partial charge >= 0.3 is 0 Å². The van der Waals surface area contributed by atoms with Crippen molar-refractivity contribution in [2.24, 2.45) is 39.7 Å². The third kappa shape index (κ3) is 5.49. The van der Waals surface area contributed by atoms with Gasteiger partial charge in [-0.1, -0.05) is 61.8 Å². The van der Waals surface area contributed by atoms with Gasteiger partial charge in [0.25, 0.3) is 5.91 Å². The minimum atomic E-state index is -0.117. The van der Waals surface area contributed by atoms with E-state index in [9.17, 15) is 9.90 Å². The number of aliphatic hydroxyl groups excluding tert-OH is 1. The highest BCUT2D eigenvalue weighted by atomic mass is 16.6. The quantitative estimate of drug-likeness (QED) is 0.357. The van der Waals surface area contributed by atoms with Crippen LogP contribution in [0.25, 0.3) is 0 Å². The van der Waals surface area contributed by atoms with E-state index in [-0.39, 0.29) is 34.9 Å². The van der Waals surface area contributed by atoms with E-state index in [2.05, 4.69) is 86.5 Å². The second kappa shape index (κ2) is 12.0. The lowest BCUT2D eigenvalue weighted by molar-refractivity contribution is -0.125. The zero-order chi connectivity index (χ0) is 30.4. The first-order valence-corrected chi connectivity index (χ1v) is 17.2. The Morgan fingerprint density at radius 3 is 2.65 bits per heavy atom. The molecule has 1 amide bonds. The van der Waals surface area contributed by atoms with Gasteiger partial charge < -0.3 is 20.2 Å². The van der Waals surface area contributed by atoms with Crippen LogP contribution in [0.2, 0.25) is 0 Å². The number of nitrogens with one attached hydrogen (secondary N) is 1. The monoisotopic (exact) mass is 589 g/mol. The van der Waals surface area contributed by atoms with Crippen LogP contribution in [-0.2, 0) is 15.0 Å². The van der Waals surface area contributed by atoms with Crippen molar-refractivity contribution in [2.45, 2.75) is 109 Å². The molecule has 0 unspecified atom stereocenters. The van der Waals surface area contributed by atoms with E-state index in [1.807, 2.05) is 0 Å². The first kappa shape index (κ1) is 30.8. The maximum Gasteiger partial charge on any atom is 0.260 e. The molecule has 2 N–H and O–H groups in total. The summed E-state index contributed by atoms with van der Waals surface area (Å²) in [6, 6.07) is 11.4. The summed E-state index contributed by atoms with van der Waals surface area (Å²) in [7, 11) is 2.22. The number of carbonyl (C=O) groups excluding carboxylic acids is 1. The molecule has 0 radical (unpaired) electrons. The van der Waals surface area contributed by atoms with Gasteiger partial charge in [0.15, 0.2) is 6.61 Å². The summed E-state index contributed by atoms with van der Waals surface area (Å²) in [6.07, 6.45) is 13.1. The third-order valence-electron chi connectivity index (χ3n) is 13.5. The van der Waals surface area contributed by atoms with Gasteiger partial charge in [-0.25, -0.2) is 0 Å². The number of carbonyl (C=O) groups is 1. The van der Waals surface area contributed by atoms with Crippen LogP contribution in [0, 0.1) is 34.5 Å². The maximum atomic E-state index is 12.8. The van der Waals surface area contributed by atoms with E-state index in [0.717, 1.165) is 63.1 Å². The molecule has 1 aromatic rings. The molecule has 6 nitrogen and oxygen atoms in total. The number of allylic oxidation sites excluding steroid dienone is 2. The smallest absolute Gasteiger partial charge is 0.260 e. The highest BCUT2D eigenvalue weighted by Gasteiger charge is 2.58. The molecule has 1 aromatic carbocycles. The molecule has 236 valence electrons. The summed E-state index contributed by atoms with van der Waals surface area (Å²) in [6.45, 7) is 11.2. The van der Waals surface area contributed by atoms with E-state index in [1.165, 1.54) is 30.4 Å². The first-order valence-electron chi connectivity index (χ1n) is 17.2. The number of likely N-dealkylation sites (tertiary alicyclic amines) is 1. The van der Waals surface area contributed by atoms with Gasteiger partial charge in [0.2, 0.25) is 0 Å².